The number of hydrogen-bond donors (Lipinski definition) is 1. The van der Waals surface area contributed by atoms with Crippen molar-refractivity contribution in [1.82, 2.24) is 4.90 Å². The second-order valence-electron chi connectivity index (χ2n) is 6.10. The van der Waals surface area contributed by atoms with E-state index in [-0.39, 0.29) is 6.10 Å². The summed E-state index contributed by atoms with van der Waals surface area (Å²) in [5.74, 6) is 0.836. The summed E-state index contributed by atoms with van der Waals surface area (Å²) in [4.78, 5) is 2.30. The third-order valence-corrected chi connectivity index (χ3v) is 4.33. The summed E-state index contributed by atoms with van der Waals surface area (Å²) < 4.78 is 0. The van der Waals surface area contributed by atoms with Gasteiger partial charge in [-0.3, -0.25) is 0 Å². The minimum atomic E-state index is -0.366. The molecule has 0 heterocycles. The Morgan fingerprint density at radius 2 is 1.89 bits per heavy atom. The van der Waals surface area contributed by atoms with Crippen LogP contribution in [0.4, 0.5) is 0 Å². The van der Waals surface area contributed by atoms with E-state index in [1.54, 1.807) is 0 Å². The standard InChI is InChI=1S/C17H27NO/c1-14-8-6-7-11-16(14)17(19)13-18(2)12-15-9-4-3-5-10-15/h6-8,11,15,17,19H,3-5,9-10,12-13H2,1-2H3. The summed E-state index contributed by atoms with van der Waals surface area (Å²) in [5.41, 5.74) is 2.25. The lowest BCUT2D eigenvalue weighted by atomic mass is 9.89. The quantitative estimate of drug-likeness (QED) is 0.876. The Hall–Kier alpha value is -0.860. The van der Waals surface area contributed by atoms with Crippen molar-refractivity contribution in [3.63, 3.8) is 0 Å². The Morgan fingerprint density at radius 1 is 1.21 bits per heavy atom. The van der Waals surface area contributed by atoms with Crippen LogP contribution in [0.2, 0.25) is 0 Å². The van der Waals surface area contributed by atoms with Gasteiger partial charge in [0.25, 0.3) is 0 Å². The van der Waals surface area contributed by atoms with E-state index in [1.807, 2.05) is 18.2 Å². The normalized spacial score (nSPS) is 18.7. The lowest BCUT2D eigenvalue weighted by Crippen LogP contribution is -2.31. The molecule has 0 bridgehead atoms. The highest BCUT2D eigenvalue weighted by molar-refractivity contribution is 5.27. The summed E-state index contributed by atoms with van der Waals surface area (Å²) >= 11 is 0. The Kier molecular flexibility index (Phi) is 5.41. The van der Waals surface area contributed by atoms with Crippen molar-refractivity contribution in [2.24, 2.45) is 5.92 Å². The molecular formula is C17H27NO. The third kappa shape index (κ3) is 4.32. The monoisotopic (exact) mass is 261 g/mol. The maximum Gasteiger partial charge on any atom is 0.0919 e. The van der Waals surface area contributed by atoms with Crippen LogP contribution in [0.5, 0.6) is 0 Å². The third-order valence-electron chi connectivity index (χ3n) is 4.33. The molecular weight excluding hydrogens is 234 g/mol. The highest BCUT2D eigenvalue weighted by Crippen LogP contribution is 2.25. The first-order valence-corrected chi connectivity index (χ1v) is 7.59. The lowest BCUT2D eigenvalue weighted by Gasteiger charge is -2.28. The Labute approximate surface area is 117 Å². The first-order valence-electron chi connectivity index (χ1n) is 7.59. The topological polar surface area (TPSA) is 23.5 Å². The largest absolute Gasteiger partial charge is 0.387 e. The molecule has 1 unspecified atom stereocenters. The fraction of sp³-hybridized carbons (Fsp3) is 0.647. The molecule has 0 aliphatic heterocycles. The average Bonchev–Trinajstić information content (AvgIpc) is 2.40. The first-order chi connectivity index (χ1) is 9.16. The number of benzene rings is 1. The predicted molar refractivity (Wildman–Crippen MR) is 80.2 cm³/mol. The molecule has 0 saturated heterocycles. The van der Waals surface area contributed by atoms with Gasteiger partial charge in [-0.1, -0.05) is 43.5 Å². The molecule has 1 aromatic rings. The van der Waals surface area contributed by atoms with Gasteiger partial charge < -0.3 is 10.0 Å². The van der Waals surface area contributed by atoms with Crippen molar-refractivity contribution in [1.29, 1.82) is 0 Å². The molecule has 1 saturated carbocycles. The van der Waals surface area contributed by atoms with Gasteiger partial charge in [0.1, 0.15) is 0 Å². The molecule has 2 nitrogen and oxygen atoms in total. The Bertz CT molecular complexity index is 385. The fourth-order valence-electron chi connectivity index (χ4n) is 3.24. The molecule has 0 amide bonds. The van der Waals surface area contributed by atoms with Crippen molar-refractivity contribution in [3.8, 4) is 0 Å². The van der Waals surface area contributed by atoms with Crippen LogP contribution in [-0.4, -0.2) is 30.1 Å². The number of aliphatic hydroxyl groups excluding tert-OH is 1. The zero-order valence-electron chi connectivity index (χ0n) is 12.3. The van der Waals surface area contributed by atoms with Gasteiger partial charge in [0, 0.05) is 13.1 Å². The van der Waals surface area contributed by atoms with E-state index in [4.69, 9.17) is 0 Å². The number of hydrogen-bond acceptors (Lipinski definition) is 2. The van der Waals surface area contributed by atoms with Crippen LogP contribution in [-0.2, 0) is 0 Å². The van der Waals surface area contributed by atoms with Crippen LogP contribution >= 0.6 is 0 Å². The van der Waals surface area contributed by atoms with Crippen LogP contribution in [0, 0.1) is 12.8 Å². The number of likely N-dealkylation sites (N-methyl/N-ethyl adjacent to an activating group) is 1. The van der Waals surface area contributed by atoms with Gasteiger partial charge in [-0.05, 0) is 43.9 Å². The van der Waals surface area contributed by atoms with Gasteiger partial charge in [0.05, 0.1) is 6.10 Å². The van der Waals surface area contributed by atoms with Gasteiger partial charge in [0.2, 0.25) is 0 Å². The second-order valence-corrected chi connectivity index (χ2v) is 6.10. The molecule has 106 valence electrons. The molecule has 1 aliphatic rings. The van der Waals surface area contributed by atoms with E-state index in [1.165, 1.54) is 37.7 Å². The van der Waals surface area contributed by atoms with E-state index in [9.17, 15) is 5.11 Å². The Balaban J connectivity index is 1.84. The van der Waals surface area contributed by atoms with Crippen LogP contribution in [0.3, 0.4) is 0 Å². The van der Waals surface area contributed by atoms with Crippen LogP contribution in [0.25, 0.3) is 0 Å². The van der Waals surface area contributed by atoms with Crippen molar-refractivity contribution in [2.75, 3.05) is 20.1 Å². The summed E-state index contributed by atoms with van der Waals surface area (Å²) in [7, 11) is 2.14. The molecule has 1 fully saturated rings. The van der Waals surface area contributed by atoms with Crippen molar-refractivity contribution in [2.45, 2.75) is 45.1 Å². The Morgan fingerprint density at radius 3 is 2.58 bits per heavy atom. The van der Waals surface area contributed by atoms with E-state index in [0.29, 0.717) is 0 Å². The molecule has 0 spiro atoms. The highest BCUT2D eigenvalue weighted by atomic mass is 16.3. The zero-order valence-corrected chi connectivity index (χ0v) is 12.3. The highest BCUT2D eigenvalue weighted by Gasteiger charge is 2.18. The molecule has 19 heavy (non-hydrogen) atoms. The minimum absolute atomic E-state index is 0.366. The number of rotatable bonds is 5. The summed E-state index contributed by atoms with van der Waals surface area (Å²) in [6, 6.07) is 8.14. The summed E-state index contributed by atoms with van der Waals surface area (Å²) in [5, 5.41) is 10.4. The van der Waals surface area contributed by atoms with Gasteiger partial charge >= 0.3 is 0 Å². The molecule has 1 aliphatic carbocycles. The van der Waals surface area contributed by atoms with E-state index >= 15 is 0 Å². The van der Waals surface area contributed by atoms with Crippen LogP contribution in [0.1, 0.15) is 49.3 Å². The van der Waals surface area contributed by atoms with Crippen molar-refractivity contribution in [3.05, 3.63) is 35.4 Å². The smallest absolute Gasteiger partial charge is 0.0919 e. The molecule has 0 radical (unpaired) electrons. The van der Waals surface area contributed by atoms with Gasteiger partial charge in [-0.15, -0.1) is 0 Å². The van der Waals surface area contributed by atoms with Crippen molar-refractivity contribution < 1.29 is 5.11 Å². The van der Waals surface area contributed by atoms with E-state index in [2.05, 4.69) is 24.9 Å². The molecule has 1 N–H and O–H groups in total. The number of aryl methyl sites for hydroxylation is 1. The summed E-state index contributed by atoms with van der Waals surface area (Å²) in [6.07, 6.45) is 6.55. The zero-order chi connectivity index (χ0) is 13.7. The lowest BCUT2D eigenvalue weighted by molar-refractivity contribution is 0.112. The number of nitrogens with zero attached hydrogens (tertiary/aromatic N) is 1. The van der Waals surface area contributed by atoms with E-state index in [0.717, 1.165) is 24.6 Å². The molecule has 2 rings (SSSR count). The average molecular weight is 261 g/mol. The molecule has 1 aromatic carbocycles. The fourth-order valence-corrected chi connectivity index (χ4v) is 3.24. The molecule has 1 atom stereocenters. The SMILES string of the molecule is Cc1ccccc1C(O)CN(C)CC1CCCCC1. The van der Waals surface area contributed by atoms with Crippen molar-refractivity contribution >= 4 is 0 Å². The maximum atomic E-state index is 10.4. The number of aliphatic hydroxyl groups is 1. The predicted octanol–water partition coefficient (Wildman–Crippen LogP) is 3.54. The second kappa shape index (κ2) is 7.06. The molecule has 0 aromatic heterocycles. The molecule has 2 heteroatoms. The maximum absolute atomic E-state index is 10.4. The van der Waals surface area contributed by atoms with Gasteiger partial charge in [-0.2, -0.15) is 0 Å². The van der Waals surface area contributed by atoms with Crippen LogP contribution < -0.4 is 0 Å². The van der Waals surface area contributed by atoms with E-state index < -0.39 is 0 Å². The minimum Gasteiger partial charge on any atom is -0.387 e. The van der Waals surface area contributed by atoms with Crippen LogP contribution in [0.15, 0.2) is 24.3 Å². The summed E-state index contributed by atoms with van der Waals surface area (Å²) in [6.45, 7) is 3.93. The van der Waals surface area contributed by atoms with Gasteiger partial charge in [-0.25, -0.2) is 0 Å². The first kappa shape index (κ1) is 14.5. The van der Waals surface area contributed by atoms with Gasteiger partial charge in [0.15, 0.2) is 0 Å².